The third-order valence-electron chi connectivity index (χ3n) is 3.50. The summed E-state index contributed by atoms with van der Waals surface area (Å²) in [5, 5.41) is 6.93. The van der Waals surface area contributed by atoms with E-state index < -0.39 is 0 Å². The number of halogens is 1. The van der Waals surface area contributed by atoms with Crippen molar-refractivity contribution in [3.05, 3.63) is 75.1 Å². The van der Waals surface area contributed by atoms with Crippen molar-refractivity contribution in [2.24, 2.45) is 0 Å². The van der Waals surface area contributed by atoms with E-state index in [1.54, 1.807) is 0 Å². The minimum Gasteiger partial charge on any atom is -0.359 e. The van der Waals surface area contributed by atoms with Gasteiger partial charge in [0.15, 0.2) is 5.76 Å². The van der Waals surface area contributed by atoms with Crippen LogP contribution in [0.3, 0.4) is 0 Å². The van der Waals surface area contributed by atoms with Crippen molar-refractivity contribution in [1.82, 2.24) is 10.5 Å². The number of amides is 1. The molecule has 23 heavy (non-hydrogen) atoms. The van der Waals surface area contributed by atoms with E-state index in [4.69, 9.17) is 4.52 Å². The predicted octanol–water partition coefficient (Wildman–Crippen LogP) is 4.18. The lowest BCUT2D eigenvalue weighted by Gasteiger charge is -2.08. The molecule has 1 N–H and O–H groups in total. The first kappa shape index (κ1) is 15.7. The largest absolute Gasteiger partial charge is 0.359 e. The zero-order valence-electron chi connectivity index (χ0n) is 12.5. The van der Waals surface area contributed by atoms with Gasteiger partial charge in [-0.15, -0.1) is 0 Å². The highest BCUT2D eigenvalue weighted by Crippen LogP contribution is 2.19. The smallest absolute Gasteiger partial charge is 0.253 e. The fourth-order valence-electron chi connectivity index (χ4n) is 2.32. The Morgan fingerprint density at radius 2 is 1.96 bits per heavy atom. The van der Waals surface area contributed by atoms with Crippen LogP contribution in [0.4, 0.5) is 0 Å². The van der Waals surface area contributed by atoms with Crippen LogP contribution in [0.2, 0.25) is 0 Å². The van der Waals surface area contributed by atoms with Crippen LogP contribution < -0.4 is 5.32 Å². The summed E-state index contributed by atoms with van der Waals surface area (Å²) in [7, 11) is 0. The Hall–Kier alpha value is -2.15. The molecule has 1 aromatic heterocycles. The number of hydrogen-bond acceptors (Lipinski definition) is 3. The average molecular weight is 418 g/mol. The fourth-order valence-corrected chi connectivity index (χ4v) is 3.19. The monoisotopic (exact) mass is 418 g/mol. The second kappa shape index (κ2) is 6.95. The summed E-state index contributed by atoms with van der Waals surface area (Å²) in [5.74, 6) is 0.519. The van der Waals surface area contributed by atoms with Crippen LogP contribution in [0.1, 0.15) is 21.7 Å². The molecule has 0 unspecified atom stereocenters. The number of carbonyl (C=O) groups is 1. The number of nitrogens with zero attached hydrogens (tertiary/aromatic N) is 1. The van der Waals surface area contributed by atoms with Gasteiger partial charge in [0.25, 0.3) is 5.91 Å². The second-order valence-corrected chi connectivity index (χ2v) is 6.32. The Balaban J connectivity index is 1.70. The van der Waals surface area contributed by atoms with E-state index >= 15 is 0 Å². The van der Waals surface area contributed by atoms with Crippen molar-refractivity contribution >= 4 is 28.5 Å². The quantitative estimate of drug-likeness (QED) is 0.647. The molecule has 0 spiro atoms. The summed E-state index contributed by atoms with van der Waals surface area (Å²) in [6.07, 6.45) is 0. The van der Waals surface area contributed by atoms with E-state index in [-0.39, 0.29) is 5.91 Å². The zero-order chi connectivity index (χ0) is 16.2. The van der Waals surface area contributed by atoms with E-state index in [1.165, 1.54) is 0 Å². The lowest BCUT2D eigenvalue weighted by molar-refractivity contribution is 0.0945. The maximum Gasteiger partial charge on any atom is 0.253 e. The topological polar surface area (TPSA) is 55.1 Å². The van der Waals surface area contributed by atoms with E-state index in [9.17, 15) is 4.79 Å². The minimum absolute atomic E-state index is 0.106. The maximum atomic E-state index is 12.4. The number of aromatic nitrogens is 1. The molecule has 0 saturated carbocycles. The van der Waals surface area contributed by atoms with Gasteiger partial charge in [0.2, 0.25) is 0 Å². The Morgan fingerprint density at radius 3 is 2.70 bits per heavy atom. The van der Waals surface area contributed by atoms with E-state index in [2.05, 4.69) is 33.1 Å². The molecule has 0 aliphatic heterocycles. The Bertz CT molecular complexity index is 808. The molecule has 3 aromatic rings. The average Bonchev–Trinajstić information content (AvgIpc) is 3.02. The maximum absolute atomic E-state index is 12.4. The Morgan fingerprint density at radius 1 is 1.17 bits per heavy atom. The third-order valence-corrected chi connectivity index (χ3v) is 4.40. The number of carbonyl (C=O) groups excluding carboxylic acids is 1. The number of nitrogens with one attached hydrogen (secondary N) is 1. The molecule has 1 heterocycles. The summed E-state index contributed by atoms with van der Waals surface area (Å²) < 4.78 is 6.23. The Kier molecular flexibility index (Phi) is 4.76. The standard InChI is InChI=1S/C18H15IN2O2/c1-12-6-5-9-15(19)17(12)18(22)20-11-14-10-16(21-23-14)13-7-3-2-4-8-13/h2-10H,11H2,1H3,(H,20,22). The van der Waals surface area contributed by atoms with Gasteiger partial charge in [-0.1, -0.05) is 47.6 Å². The summed E-state index contributed by atoms with van der Waals surface area (Å²) >= 11 is 2.17. The number of rotatable bonds is 4. The minimum atomic E-state index is -0.106. The Labute approximate surface area is 148 Å². The van der Waals surface area contributed by atoms with Crippen LogP contribution in [-0.2, 0) is 6.54 Å². The molecule has 0 radical (unpaired) electrons. The van der Waals surface area contributed by atoms with Gasteiger partial charge in [0.05, 0.1) is 12.1 Å². The lowest BCUT2D eigenvalue weighted by atomic mass is 10.1. The number of aryl methyl sites for hydroxylation is 1. The first-order chi connectivity index (χ1) is 11.1. The van der Waals surface area contributed by atoms with Crippen LogP contribution in [0, 0.1) is 10.5 Å². The fraction of sp³-hybridized carbons (Fsp3) is 0.111. The number of benzene rings is 2. The van der Waals surface area contributed by atoms with Gasteiger partial charge in [-0.3, -0.25) is 4.79 Å². The van der Waals surface area contributed by atoms with Crippen molar-refractivity contribution in [2.45, 2.75) is 13.5 Å². The molecule has 0 aliphatic carbocycles. The third kappa shape index (κ3) is 3.61. The molecule has 2 aromatic carbocycles. The molecule has 116 valence electrons. The zero-order valence-corrected chi connectivity index (χ0v) is 14.7. The van der Waals surface area contributed by atoms with Crippen molar-refractivity contribution in [1.29, 1.82) is 0 Å². The second-order valence-electron chi connectivity index (χ2n) is 5.16. The van der Waals surface area contributed by atoms with E-state index in [1.807, 2.05) is 61.5 Å². The highest BCUT2D eigenvalue weighted by Gasteiger charge is 2.13. The van der Waals surface area contributed by atoms with Crippen molar-refractivity contribution in [2.75, 3.05) is 0 Å². The molecule has 0 saturated heterocycles. The van der Waals surface area contributed by atoms with Crippen LogP contribution >= 0.6 is 22.6 Å². The predicted molar refractivity (Wildman–Crippen MR) is 97.0 cm³/mol. The molecule has 4 nitrogen and oxygen atoms in total. The summed E-state index contributed by atoms with van der Waals surface area (Å²) in [4.78, 5) is 12.4. The molecule has 0 fully saturated rings. The van der Waals surface area contributed by atoms with Gasteiger partial charge in [0, 0.05) is 15.2 Å². The SMILES string of the molecule is Cc1cccc(I)c1C(=O)NCc1cc(-c2ccccc2)no1. The van der Waals surface area contributed by atoms with Gasteiger partial charge < -0.3 is 9.84 Å². The van der Waals surface area contributed by atoms with Crippen LogP contribution in [0.15, 0.2) is 59.1 Å². The molecular formula is C18H15IN2O2. The van der Waals surface area contributed by atoms with Crippen molar-refractivity contribution < 1.29 is 9.32 Å². The number of hydrogen-bond donors (Lipinski definition) is 1. The first-order valence-corrected chi connectivity index (χ1v) is 8.27. The van der Waals surface area contributed by atoms with Gasteiger partial charge in [-0.05, 0) is 41.1 Å². The van der Waals surface area contributed by atoms with E-state index in [0.29, 0.717) is 17.9 Å². The molecule has 0 bridgehead atoms. The lowest BCUT2D eigenvalue weighted by Crippen LogP contribution is -2.24. The molecule has 5 heteroatoms. The molecule has 0 atom stereocenters. The highest BCUT2D eigenvalue weighted by atomic mass is 127. The molecular weight excluding hydrogens is 403 g/mol. The first-order valence-electron chi connectivity index (χ1n) is 7.19. The molecule has 1 amide bonds. The highest BCUT2D eigenvalue weighted by molar-refractivity contribution is 14.1. The normalized spacial score (nSPS) is 10.5. The molecule has 3 rings (SSSR count). The van der Waals surface area contributed by atoms with Crippen molar-refractivity contribution in [3.63, 3.8) is 0 Å². The van der Waals surface area contributed by atoms with Gasteiger partial charge in [-0.25, -0.2) is 0 Å². The molecule has 0 aliphatic rings. The van der Waals surface area contributed by atoms with Gasteiger partial charge in [-0.2, -0.15) is 0 Å². The summed E-state index contributed by atoms with van der Waals surface area (Å²) in [5.41, 5.74) is 3.41. The van der Waals surface area contributed by atoms with Crippen LogP contribution in [0.5, 0.6) is 0 Å². The van der Waals surface area contributed by atoms with Gasteiger partial charge >= 0.3 is 0 Å². The van der Waals surface area contributed by atoms with E-state index in [0.717, 1.165) is 20.4 Å². The van der Waals surface area contributed by atoms with Gasteiger partial charge in [0.1, 0.15) is 5.69 Å². The van der Waals surface area contributed by atoms with Crippen molar-refractivity contribution in [3.8, 4) is 11.3 Å². The summed E-state index contributed by atoms with van der Waals surface area (Å²) in [6.45, 7) is 2.24. The van der Waals surface area contributed by atoms with Crippen LogP contribution in [0.25, 0.3) is 11.3 Å². The summed E-state index contributed by atoms with van der Waals surface area (Å²) in [6, 6.07) is 17.4. The van der Waals surface area contributed by atoms with Crippen LogP contribution in [-0.4, -0.2) is 11.1 Å².